The first-order chi connectivity index (χ1) is 10.5. The van der Waals surface area contributed by atoms with E-state index in [0.29, 0.717) is 10.7 Å². The summed E-state index contributed by atoms with van der Waals surface area (Å²) in [7, 11) is 1.63. The Morgan fingerprint density at radius 1 is 0.955 bits per heavy atom. The van der Waals surface area contributed by atoms with E-state index in [0.717, 1.165) is 0 Å². The maximum atomic E-state index is 12.8. The second kappa shape index (κ2) is 4.43. The molecule has 4 atom stereocenters. The molecule has 5 rings (SSSR count). The van der Waals surface area contributed by atoms with Crippen LogP contribution >= 0.6 is 11.6 Å². The molecular weight excluding hydrogens is 304 g/mol. The van der Waals surface area contributed by atoms with E-state index in [4.69, 9.17) is 11.6 Å². The molecule has 0 spiro atoms. The Kier molecular flexibility index (Phi) is 2.72. The molecule has 3 amide bonds. The van der Waals surface area contributed by atoms with Crippen molar-refractivity contribution in [3.05, 3.63) is 41.4 Å². The monoisotopic (exact) mass is 316 g/mol. The largest absolute Gasteiger partial charge is 0.336 e. The van der Waals surface area contributed by atoms with Gasteiger partial charge in [0.1, 0.15) is 0 Å². The maximum Gasteiger partial charge on any atom is 0.240 e. The number of benzene rings is 1. The third-order valence-corrected chi connectivity index (χ3v) is 5.16. The van der Waals surface area contributed by atoms with Gasteiger partial charge in [-0.25, -0.2) is 4.90 Å². The van der Waals surface area contributed by atoms with Gasteiger partial charge in [-0.1, -0.05) is 35.9 Å². The quantitative estimate of drug-likeness (QED) is 0.736. The fourth-order valence-corrected chi connectivity index (χ4v) is 4.24. The van der Waals surface area contributed by atoms with Crippen LogP contribution in [0.25, 0.3) is 0 Å². The van der Waals surface area contributed by atoms with E-state index in [-0.39, 0.29) is 17.7 Å². The Morgan fingerprint density at radius 3 is 2.27 bits per heavy atom. The number of carbonyl (C=O) groups excluding carboxylic acids is 3. The molecule has 6 heteroatoms. The van der Waals surface area contributed by atoms with E-state index in [1.54, 1.807) is 37.4 Å². The van der Waals surface area contributed by atoms with Crippen molar-refractivity contribution in [2.45, 2.75) is 6.04 Å². The van der Waals surface area contributed by atoms with Crippen molar-refractivity contribution in [2.75, 3.05) is 11.9 Å². The van der Waals surface area contributed by atoms with Crippen LogP contribution in [-0.2, 0) is 14.4 Å². The van der Waals surface area contributed by atoms with Gasteiger partial charge >= 0.3 is 0 Å². The summed E-state index contributed by atoms with van der Waals surface area (Å²) in [6, 6.07) is 8.27. The van der Waals surface area contributed by atoms with Gasteiger partial charge in [-0.3, -0.25) is 14.4 Å². The smallest absolute Gasteiger partial charge is 0.240 e. The summed E-state index contributed by atoms with van der Waals surface area (Å²) in [5.74, 6) is -2.59. The average molecular weight is 317 g/mol. The van der Waals surface area contributed by atoms with Gasteiger partial charge in [-0.05, 0) is 12.1 Å². The third kappa shape index (κ3) is 1.52. The minimum absolute atomic E-state index is 0.147. The highest BCUT2D eigenvalue weighted by Gasteiger charge is 2.63. The SMILES string of the molecule is CN1C(=O)[C@H]2C=C(Cl)[C@H]1[C@H]1C(=O)N(c3ccccc3)C(=O)[C@@H]12. The zero-order valence-corrected chi connectivity index (χ0v) is 12.5. The number of anilines is 1. The molecule has 112 valence electrons. The molecule has 2 fully saturated rings. The van der Waals surface area contributed by atoms with Gasteiger partial charge in [-0.2, -0.15) is 0 Å². The molecule has 22 heavy (non-hydrogen) atoms. The van der Waals surface area contributed by atoms with Crippen LogP contribution in [0, 0.1) is 17.8 Å². The molecule has 4 aliphatic rings. The molecule has 1 aromatic carbocycles. The van der Waals surface area contributed by atoms with Crippen LogP contribution in [0.4, 0.5) is 5.69 Å². The van der Waals surface area contributed by atoms with Gasteiger partial charge in [0.15, 0.2) is 0 Å². The predicted molar refractivity (Wildman–Crippen MR) is 79.9 cm³/mol. The van der Waals surface area contributed by atoms with Crippen molar-refractivity contribution in [3.8, 4) is 0 Å². The van der Waals surface area contributed by atoms with E-state index < -0.39 is 23.8 Å². The number of fused-ring (bicyclic) bond motifs is 1. The summed E-state index contributed by atoms with van der Waals surface area (Å²) in [6.07, 6.45) is 1.63. The lowest BCUT2D eigenvalue weighted by Crippen LogP contribution is -2.59. The molecule has 0 N–H and O–H groups in total. The van der Waals surface area contributed by atoms with Crippen LogP contribution < -0.4 is 4.90 Å². The van der Waals surface area contributed by atoms with Gasteiger partial charge in [-0.15, -0.1) is 0 Å². The van der Waals surface area contributed by atoms with Crippen molar-refractivity contribution in [3.63, 3.8) is 0 Å². The zero-order valence-electron chi connectivity index (χ0n) is 11.8. The number of rotatable bonds is 1. The van der Waals surface area contributed by atoms with Crippen LogP contribution in [0.1, 0.15) is 0 Å². The number of imide groups is 1. The van der Waals surface area contributed by atoms with E-state index >= 15 is 0 Å². The molecular formula is C16H13ClN2O3. The van der Waals surface area contributed by atoms with Crippen LogP contribution in [0.2, 0.25) is 0 Å². The van der Waals surface area contributed by atoms with E-state index in [1.165, 1.54) is 9.80 Å². The van der Waals surface area contributed by atoms with Gasteiger partial charge in [0, 0.05) is 12.1 Å². The molecule has 0 saturated carbocycles. The Balaban J connectivity index is 1.82. The first-order valence-electron chi connectivity index (χ1n) is 7.09. The van der Waals surface area contributed by atoms with Crippen molar-refractivity contribution in [2.24, 2.45) is 17.8 Å². The first kappa shape index (κ1) is 13.5. The molecule has 1 aliphatic carbocycles. The van der Waals surface area contributed by atoms with Crippen LogP contribution in [-0.4, -0.2) is 35.7 Å². The summed E-state index contributed by atoms with van der Waals surface area (Å²) in [6.45, 7) is 0. The molecule has 0 aromatic heterocycles. The Morgan fingerprint density at radius 2 is 1.59 bits per heavy atom. The number of hydrogen-bond acceptors (Lipinski definition) is 3. The number of amides is 3. The standard InChI is InChI=1S/C16H13ClN2O3/c1-18-13-10(17)7-9(14(18)20)11-12(13)16(22)19(15(11)21)8-5-3-2-4-6-8/h2-7,9,11-13H,1H3/t9-,11+,12-,13-/m0/s1. The molecule has 3 heterocycles. The number of nitrogens with zero attached hydrogens (tertiary/aromatic N) is 2. The Hall–Kier alpha value is -2.14. The zero-order chi connectivity index (χ0) is 15.6. The Labute approximate surface area is 132 Å². The van der Waals surface area contributed by atoms with Crippen molar-refractivity contribution in [1.82, 2.24) is 4.90 Å². The molecule has 5 nitrogen and oxygen atoms in total. The van der Waals surface area contributed by atoms with Gasteiger partial charge < -0.3 is 4.90 Å². The molecule has 2 saturated heterocycles. The van der Waals surface area contributed by atoms with E-state index in [9.17, 15) is 14.4 Å². The second-order valence-corrected chi connectivity index (χ2v) is 6.31. The lowest BCUT2D eigenvalue weighted by atomic mass is 9.70. The van der Waals surface area contributed by atoms with Crippen molar-refractivity contribution < 1.29 is 14.4 Å². The number of hydrogen-bond donors (Lipinski definition) is 0. The van der Waals surface area contributed by atoms with Crippen LogP contribution in [0.3, 0.4) is 0 Å². The lowest BCUT2D eigenvalue weighted by molar-refractivity contribution is -0.148. The maximum absolute atomic E-state index is 12.8. The van der Waals surface area contributed by atoms with Crippen molar-refractivity contribution >= 4 is 35.0 Å². The Bertz CT molecular complexity index is 730. The summed E-state index contributed by atoms with van der Waals surface area (Å²) >= 11 is 6.23. The van der Waals surface area contributed by atoms with Gasteiger partial charge in [0.2, 0.25) is 17.7 Å². The molecule has 0 radical (unpaired) electrons. The minimum Gasteiger partial charge on any atom is -0.336 e. The molecule has 3 aliphatic heterocycles. The van der Waals surface area contributed by atoms with E-state index in [2.05, 4.69) is 0 Å². The highest BCUT2D eigenvalue weighted by Crippen LogP contribution is 2.49. The van der Waals surface area contributed by atoms with Crippen LogP contribution in [0.15, 0.2) is 41.4 Å². The topological polar surface area (TPSA) is 57.7 Å². The fraction of sp³-hybridized carbons (Fsp3) is 0.312. The number of piperidine rings is 1. The normalized spacial score (nSPS) is 33.4. The van der Waals surface area contributed by atoms with E-state index in [1.807, 2.05) is 6.07 Å². The number of halogens is 1. The lowest BCUT2D eigenvalue weighted by Gasteiger charge is -2.45. The summed E-state index contributed by atoms with van der Waals surface area (Å²) in [4.78, 5) is 40.6. The summed E-state index contributed by atoms with van der Waals surface area (Å²) < 4.78 is 0. The third-order valence-electron chi connectivity index (χ3n) is 4.81. The summed E-state index contributed by atoms with van der Waals surface area (Å²) in [5.41, 5.74) is 0.539. The molecule has 0 unspecified atom stereocenters. The number of carbonyl (C=O) groups is 3. The molecule has 1 aromatic rings. The summed E-state index contributed by atoms with van der Waals surface area (Å²) in [5, 5.41) is 0.476. The highest BCUT2D eigenvalue weighted by molar-refractivity contribution is 6.33. The highest BCUT2D eigenvalue weighted by atomic mass is 35.5. The fourth-order valence-electron chi connectivity index (χ4n) is 3.82. The minimum atomic E-state index is -0.641. The number of para-hydroxylation sites is 1. The van der Waals surface area contributed by atoms with Gasteiger partial charge in [0.05, 0.1) is 29.5 Å². The number of likely N-dealkylation sites (N-methyl/N-ethyl adjacent to an activating group) is 1. The second-order valence-electron chi connectivity index (χ2n) is 5.87. The first-order valence-corrected chi connectivity index (χ1v) is 7.47. The van der Waals surface area contributed by atoms with Crippen molar-refractivity contribution in [1.29, 1.82) is 0 Å². The molecule has 2 bridgehead atoms. The average Bonchev–Trinajstić information content (AvgIpc) is 2.77. The predicted octanol–water partition coefficient (Wildman–Crippen LogP) is 1.39. The van der Waals surface area contributed by atoms with Gasteiger partial charge in [0.25, 0.3) is 0 Å². The van der Waals surface area contributed by atoms with Crippen LogP contribution in [0.5, 0.6) is 0 Å².